The number of methoxy groups -OCH3 is 1. The van der Waals surface area contributed by atoms with Crippen molar-refractivity contribution >= 4 is 26.6 Å². The molecule has 110 valence electrons. The molecule has 0 radical (unpaired) electrons. The molecule has 1 aromatic carbocycles. The number of benzene rings is 1. The third kappa shape index (κ3) is 2.79. The van der Waals surface area contributed by atoms with Crippen LogP contribution in [0.3, 0.4) is 0 Å². The van der Waals surface area contributed by atoms with E-state index >= 15 is 0 Å². The summed E-state index contributed by atoms with van der Waals surface area (Å²) in [5, 5.41) is 0.614. The maximum Gasteiger partial charge on any atom is 0.244 e. The SMILES string of the molecule is COCCCN(C)S(=O)(=O)c1c[nH]c2ccc(N)cc12. The Bertz CT molecular complexity index is 694. The average Bonchev–Trinajstić information content (AvgIpc) is 2.82. The van der Waals surface area contributed by atoms with Gasteiger partial charge in [0.2, 0.25) is 10.0 Å². The summed E-state index contributed by atoms with van der Waals surface area (Å²) in [6.45, 7) is 0.936. The maximum atomic E-state index is 12.5. The zero-order valence-electron chi connectivity index (χ0n) is 11.6. The molecule has 1 aromatic heterocycles. The molecule has 0 saturated carbocycles. The lowest BCUT2D eigenvalue weighted by atomic mass is 10.2. The molecule has 0 aliphatic carbocycles. The minimum absolute atomic E-state index is 0.250. The fourth-order valence-electron chi connectivity index (χ4n) is 2.05. The van der Waals surface area contributed by atoms with Crippen molar-refractivity contribution in [1.82, 2.24) is 9.29 Å². The Kier molecular flexibility index (Phi) is 4.32. The number of nitrogens with zero attached hydrogens (tertiary/aromatic N) is 1. The molecule has 0 unspecified atom stereocenters. The van der Waals surface area contributed by atoms with E-state index in [9.17, 15) is 8.42 Å². The van der Waals surface area contributed by atoms with Gasteiger partial charge in [-0.05, 0) is 24.6 Å². The number of nitrogens with two attached hydrogens (primary N) is 1. The molecule has 0 fully saturated rings. The van der Waals surface area contributed by atoms with Crippen molar-refractivity contribution in [1.29, 1.82) is 0 Å². The van der Waals surface area contributed by atoms with Gasteiger partial charge in [-0.15, -0.1) is 0 Å². The molecule has 3 N–H and O–H groups in total. The predicted octanol–water partition coefficient (Wildman–Crippen LogP) is 1.41. The van der Waals surface area contributed by atoms with Crippen LogP contribution in [-0.2, 0) is 14.8 Å². The number of H-pyrrole nitrogens is 1. The van der Waals surface area contributed by atoms with Gasteiger partial charge in [-0.2, -0.15) is 0 Å². The number of fused-ring (bicyclic) bond motifs is 1. The monoisotopic (exact) mass is 297 g/mol. The van der Waals surface area contributed by atoms with E-state index in [2.05, 4.69) is 4.98 Å². The molecule has 0 aliphatic rings. The first-order chi connectivity index (χ1) is 9.46. The molecule has 6 nitrogen and oxygen atoms in total. The van der Waals surface area contributed by atoms with Gasteiger partial charge in [0.15, 0.2) is 0 Å². The number of nitrogens with one attached hydrogen (secondary N) is 1. The molecule has 20 heavy (non-hydrogen) atoms. The van der Waals surface area contributed by atoms with Crippen molar-refractivity contribution in [2.75, 3.05) is 33.0 Å². The van der Waals surface area contributed by atoms with Crippen molar-refractivity contribution < 1.29 is 13.2 Å². The summed E-state index contributed by atoms with van der Waals surface area (Å²) >= 11 is 0. The fourth-order valence-corrected chi connectivity index (χ4v) is 3.41. The Labute approximate surface area is 118 Å². The van der Waals surface area contributed by atoms with Crippen molar-refractivity contribution in [3.63, 3.8) is 0 Å². The second kappa shape index (κ2) is 5.82. The highest BCUT2D eigenvalue weighted by atomic mass is 32.2. The minimum Gasteiger partial charge on any atom is -0.399 e. The lowest BCUT2D eigenvalue weighted by Crippen LogP contribution is -2.28. The van der Waals surface area contributed by atoms with Gasteiger partial charge in [0.25, 0.3) is 0 Å². The summed E-state index contributed by atoms with van der Waals surface area (Å²) in [4.78, 5) is 3.21. The lowest BCUT2D eigenvalue weighted by molar-refractivity contribution is 0.189. The number of nitrogen functional groups attached to an aromatic ring is 1. The third-order valence-electron chi connectivity index (χ3n) is 3.18. The summed E-state index contributed by atoms with van der Waals surface area (Å²) in [6, 6.07) is 5.17. The first-order valence-corrected chi connectivity index (χ1v) is 7.72. The zero-order chi connectivity index (χ0) is 14.8. The summed E-state index contributed by atoms with van der Waals surface area (Å²) in [6.07, 6.45) is 2.16. The zero-order valence-corrected chi connectivity index (χ0v) is 12.4. The number of sulfonamides is 1. The van der Waals surface area contributed by atoms with Crippen LogP contribution in [0.2, 0.25) is 0 Å². The standard InChI is InChI=1S/C13H19N3O3S/c1-16(6-3-7-19-2)20(17,18)13-9-15-12-5-4-10(14)8-11(12)13/h4-5,8-9,15H,3,6-7,14H2,1-2H3. The maximum absolute atomic E-state index is 12.5. The Morgan fingerprint density at radius 1 is 1.40 bits per heavy atom. The van der Waals surface area contributed by atoms with Crippen LogP contribution >= 0.6 is 0 Å². The van der Waals surface area contributed by atoms with Crippen molar-refractivity contribution in [2.24, 2.45) is 0 Å². The Morgan fingerprint density at radius 3 is 2.85 bits per heavy atom. The normalized spacial score (nSPS) is 12.3. The van der Waals surface area contributed by atoms with E-state index in [4.69, 9.17) is 10.5 Å². The van der Waals surface area contributed by atoms with Crippen LogP contribution in [0.4, 0.5) is 5.69 Å². The van der Waals surface area contributed by atoms with Gasteiger partial charge in [0, 0.05) is 50.1 Å². The minimum atomic E-state index is -3.53. The van der Waals surface area contributed by atoms with Gasteiger partial charge in [-0.1, -0.05) is 0 Å². The number of anilines is 1. The second-order valence-corrected chi connectivity index (χ2v) is 6.64. The van der Waals surface area contributed by atoms with E-state index in [1.807, 2.05) is 0 Å². The topological polar surface area (TPSA) is 88.4 Å². The molecule has 0 saturated heterocycles. The van der Waals surface area contributed by atoms with E-state index in [-0.39, 0.29) is 4.90 Å². The molecule has 7 heteroatoms. The highest BCUT2D eigenvalue weighted by molar-refractivity contribution is 7.89. The van der Waals surface area contributed by atoms with Crippen LogP contribution in [0.15, 0.2) is 29.3 Å². The summed E-state index contributed by atoms with van der Waals surface area (Å²) < 4.78 is 31.3. The van der Waals surface area contributed by atoms with E-state index in [0.29, 0.717) is 30.6 Å². The molecule has 0 aliphatic heterocycles. The van der Waals surface area contributed by atoms with Crippen LogP contribution in [0.5, 0.6) is 0 Å². The largest absolute Gasteiger partial charge is 0.399 e. The van der Waals surface area contributed by atoms with E-state index in [0.717, 1.165) is 5.52 Å². The van der Waals surface area contributed by atoms with Gasteiger partial charge in [-0.25, -0.2) is 12.7 Å². The molecule has 2 rings (SSSR count). The Morgan fingerprint density at radius 2 is 2.15 bits per heavy atom. The number of ether oxygens (including phenoxy) is 1. The summed E-state index contributed by atoms with van der Waals surface area (Å²) in [7, 11) is -0.369. The molecular weight excluding hydrogens is 278 g/mol. The first kappa shape index (κ1) is 14.8. The molecule has 0 atom stereocenters. The Hall–Kier alpha value is -1.57. The van der Waals surface area contributed by atoms with Crippen molar-refractivity contribution in [2.45, 2.75) is 11.3 Å². The molecule has 0 spiro atoms. The van der Waals surface area contributed by atoms with Gasteiger partial charge < -0.3 is 15.5 Å². The number of hydrogen-bond donors (Lipinski definition) is 2. The Balaban J connectivity index is 2.34. The van der Waals surface area contributed by atoms with Gasteiger partial charge in [0.05, 0.1) is 0 Å². The van der Waals surface area contributed by atoms with Gasteiger partial charge in [-0.3, -0.25) is 0 Å². The molecular formula is C13H19N3O3S. The smallest absolute Gasteiger partial charge is 0.244 e. The number of aromatic nitrogens is 1. The highest BCUT2D eigenvalue weighted by Gasteiger charge is 2.23. The van der Waals surface area contributed by atoms with Crippen molar-refractivity contribution in [3.8, 4) is 0 Å². The van der Waals surface area contributed by atoms with Gasteiger partial charge >= 0.3 is 0 Å². The quantitative estimate of drug-likeness (QED) is 0.623. The number of aromatic amines is 1. The average molecular weight is 297 g/mol. The van der Waals surface area contributed by atoms with E-state index in [1.165, 1.54) is 10.5 Å². The molecule has 0 amide bonds. The predicted molar refractivity (Wildman–Crippen MR) is 79.0 cm³/mol. The van der Waals surface area contributed by atoms with Crippen LogP contribution in [-0.4, -0.2) is 45.0 Å². The summed E-state index contributed by atoms with van der Waals surface area (Å²) in [5.41, 5.74) is 7.02. The highest BCUT2D eigenvalue weighted by Crippen LogP contribution is 2.26. The molecule has 1 heterocycles. The van der Waals surface area contributed by atoms with Crippen LogP contribution in [0.25, 0.3) is 10.9 Å². The lowest BCUT2D eigenvalue weighted by Gasteiger charge is -2.16. The van der Waals surface area contributed by atoms with Crippen LogP contribution in [0.1, 0.15) is 6.42 Å². The first-order valence-electron chi connectivity index (χ1n) is 6.28. The van der Waals surface area contributed by atoms with Crippen molar-refractivity contribution in [3.05, 3.63) is 24.4 Å². The number of hydrogen-bond acceptors (Lipinski definition) is 4. The fraction of sp³-hybridized carbons (Fsp3) is 0.385. The van der Waals surface area contributed by atoms with Crippen LogP contribution in [0, 0.1) is 0 Å². The second-order valence-electron chi connectivity index (χ2n) is 4.63. The molecule has 0 bridgehead atoms. The van der Waals surface area contributed by atoms with E-state index in [1.54, 1.807) is 32.4 Å². The van der Waals surface area contributed by atoms with Crippen LogP contribution < -0.4 is 5.73 Å². The van der Waals surface area contributed by atoms with E-state index < -0.39 is 10.0 Å². The number of rotatable bonds is 6. The van der Waals surface area contributed by atoms with Gasteiger partial charge in [0.1, 0.15) is 4.90 Å². The summed E-state index contributed by atoms with van der Waals surface area (Å²) in [5.74, 6) is 0. The molecule has 2 aromatic rings. The third-order valence-corrected chi connectivity index (χ3v) is 5.07.